The number of ether oxygens (including phenoxy) is 1. The molecule has 81 heavy (non-hydrogen) atoms. The smallest absolute Gasteiger partial charge is 0.338 e. The lowest BCUT2D eigenvalue weighted by molar-refractivity contribution is 0.0473. The zero-order chi connectivity index (χ0) is 57.0. The second-order valence-corrected chi connectivity index (χ2v) is 25.3. The maximum atomic E-state index is 13.8. The molecule has 9 heteroatoms. The van der Waals surface area contributed by atoms with E-state index in [4.69, 9.17) is 34.6 Å². The summed E-state index contributed by atoms with van der Waals surface area (Å²) < 4.78 is 8.14. The molecule has 0 aliphatic rings. The van der Waals surface area contributed by atoms with Gasteiger partial charge in [-0.1, -0.05) is 204 Å². The molecule has 0 atom stereocenters. The Hall–Kier alpha value is -8.95. The van der Waals surface area contributed by atoms with Gasteiger partial charge in [-0.25, -0.2) is 34.7 Å². The molecule has 0 spiro atoms. The van der Waals surface area contributed by atoms with Gasteiger partial charge in [0.25, 0.3) is 0 Å². The fourth-order valence-electron chi connectivity index (χ4n) is 10.2. The van der Waals surface area contributed by atoms with Crippen molar-refractivity contribution in [3.05, 3.63) is 221 Å². The summed E-state index contributed by atoms with van der Waals surface area (Å²) in [4.78, 5) is 46.1. The van der Waals surface area contributed by atoms with Crippen LogP contribution in [0.2, 0.25) is 0 Å². The summed E-state index contributed by atoms with van der Waals surface area (Å²) in [6.45, 7) is 27.2. The molecule has 0 N–H and O–H groups in total. The minimum absolute atomic E-state index is 0.169. The van der Waals surface area contributed by atoms with Gasteiger partial charge in [0.05, 0.1) is 22.3 Å². The lowest BCUT2D eigenvalue weighted by atomic mass is 9.79. The molecule has 0 amide bonds. The first kappa shape index (κ1) is 54.0. The van der Waals surface area contributed by atoms with Gasteiger partial charge in [0.15, 0.2) is 34.9 Å². The average molecular weight is 1060 g/mol. The lowest BCUT2D eigenvalue weighted by Crippen LogP contribution is -2.17. The molecule has 0 saturated carbocycles. The van der Waals surface area contributed by atoms with Crippen LogP contribution >= 0.6 is 0 Å². The van der Waals surface area contributed by atoms with Crippen LogP contribution in [0.3, 0.4) is 0 Å². The molecular weight excluding hydrogens is 995 g/mol. The molecule has 8 aromatic carbocycles. The highest BCUT2D eigenvalue weighted by Crippen LogP contribution is 2.41. The van der Waals surface area contributed by atoms with Crippen molar-refractivity contribution in [2.24, 2.45) is 0 Å². The predicted molar refractivity (Wildman–Crippen MR) is 331 cm³/mol. The quantitative estimate of drug-likeness (QED) is 0.125. The van der Waals surface area contributed by atoms with E-state index in [0.717, 1.165) is 66.4 Å². The minimum atomic E-state index is -0.398. The Morgan fingerprint density at radius 2 is 0.778 bits per heavy atom. The van der Waals surface area contributed by atoms with Crippen molar-refractivity contribution in [2.45, 2.75) is 111 Å². The summed E-state index contributed by atoms with van der Waals surface area (Å²) >= 11 is 0. The summed E-state index contributed by atoms with van der Waals surface area (Å²) in [6, 6.07) is 63.8. The van der Waals surface area contributed by atoms with Crippen molar-refractivity contribution in [2.75, 3.05) is 0 Å². The monoisotopic (exact) mass is 1060 g/mol. The Morgan fingerprint density at radius 1 is 0.370 bits per heavy atom. The van der Waals surface area contributed by atoms with Crippen molar-refractivity contribution >= 4 is 27.8 Å². The molecule has 0 fully saturated rings. The minimum Gasteiger partial charge on any atom is -0.457 e. The van der Waals surface area contributed by atoms with E-state index in [1.54, 1.807) is 0 Å². The number of carbonyl (C=O) groups is 1. The summed E-state index contributed by atoms with van der Waals surface area (Å²) in [5.41, 5.74) is 13.1. The van der Waals surface area contributed by atoms with Gasteiger partial charge < -0.3 is 9.30 Å². The van der Waals surface area contributed by atoms with Crippen LogP contribution in [0, 0.1) is 0 Å². The van der Waals surface area contributed by atoms with Gasteiger partial charge in [0.1, 0.15) is 6.61 Å². The Labute approximate surface area is 476 Å². The molecule has 0 radical (unpaired) electrons. The molecule has 3 aromatic heterocycles. The number of carbonyl (C=O) groups excluding carboxylic acids is 1. The SMILES string of the molecule is CC(C)(C)c1cc(-c2nc(-c3cc(C(C)(C)C)cc(C(C)(C)C)c3)nc(-c3cc(-c4nc(-c5ccccc5)nc(-c5ccccc5)n4)ccc3-n3c4ccccc4c4cc(C(=O)OCc5ccccc5)ccc43)n2)cc(C(C)(C)C)c1. The largest absolute Gasteiger partial charge is 0.457 e. The van der Waals surface area contributed by atoms with Crippen LogP contribution in [-0.2, 0) is 33.0 Å². The molecule has 11 rings (SSSR count). The molecule has 9 nitrogen and oxygen atoms in total. The van der Waals surface area contributed by atoms with Crippen LogP contribution in [-0.4, -0.2) is 40.4 Å². The second kappa shape index (κ2) is 20.9. The van der Waals surface area contributed by atoms with Crippen molar-refractivity contribution in [3.63, 3.8) is 0 Å². The molecule has 0 bridgehead atoms. The van der Waals surface area contributed by atoms with E-state index in [1.165, 1.54) is 22.3 Å². The van der Waals surface area contributed by atoms with E-state index < -0.39 is 5.97 Å². The summed E-state index contributed by atoms with van der Waals surface area (Å²) in [5, 5.41) is 1.86. The average Bonchev–Trinajstić information content (AvgIpc) is 3.76. The van der Waals surface area contributed by atoms with E-state index in [-0.39, 0.29) is 28.3 Å². The topological polar surface area (TPSA) is 109 Å². The van der Waals surface area contributed by atoms with Crippen LogP contribution in [0.15, 0.2) is 188 Å². The molecular formula is C72H69N7O2. The number of rotatable bonds is 10. The van der Waals surface area contributed by atoms with Crippen LogP contribution in [0.4, 0.5) is 0 Å². The number of hydrogen-bond donors (Lipinski definition) is 0. The summed E-state index contributed by atoms with van der Waals surface area (Å²) in [5.74, 6) is 2.78. The first-order chi connectivity index (χ1) is 38.5. The zero-order valence-electron chi connectivity index (χ0n) is 48.6. The highest BCUT2D eigenvalue weighted by Gasteiger charge is 2.27. The first-order valence-electron chi connectivity index (χ1n) is 27.9. The number of esters is 1. The van der Waals surface area contributed by atoms with Gasteiger partial charge in [-0.2, -0.15) is 0 Å². The highest BCUT2D eigenvalue weighted by molar-refractivity contribution is 6.11. The fourth-order valence-corrected chi connectivity index (χ4v) is 10.2. The third-order valence-corrected chi connectivity index (χ3v) is 15.0. The third kappa shape index (κ3) is 11.3. The molecule has 0 aliphatic carbocycles. The van der Waals surface area contributed by atoms with Crippen LogP contribution in [0.1, 0.15) is 121 Å². The normalized spacial score (nSPS) is 12.3. The van der Waals surface area contributed by atoms with Gasteiger partial charge in [0.2, 0.25) is 0 Å². The van der Waals surface area contributed by atoms with Crippen LogP contribution in [0.5, 0.6) is 0 Å². The number of aromatic nitrogens is 7. The van der Waals surface area contributed by atoms with Gasteiger partial charge >= 0.3 is 5.97 Å². The summed E-state index contributed by atoms with van der Waals surface area (Å²) in [6.07, 6.45) is 0. The van der Waals surface area contributed by atoms with Gasteiger partial charge in [-0.05, 0) is 116 Å². The van der Waals surface area contributed by atoms with Crippen molar-refractivity contribution in [1.29, 1.82) is 0 Å². The first-order valence-corrected chi connectivity index (χ1v) is 27.9. The maximum Gasteiger partial charge on any atom is 0.338 e. The Kier molecular flexibility index (Phi) is 14.0. The van der Waals surface area contributed by atoms with Gasteiger partial charge in [-0.15, -0.1) is 0 Å². The number of benzene rings is 8. The third-order valence-electron chi connectivity index (χ3n) is 15.0. The Bertz CT molecular complexity index is 3940. The lowest BCUT2D eigenvalue weighted by Gasteiger charge is -2.26. The summed E-state index contributed by atoms with van der Waals surface area (Å²) in [7, 11) is 0. The number of para-hydroxylation sites is 1. The van der Waals surface area contributed by atoms with Crippen LogP contribution in [0.25, 0.3) is 95.8 Å². The molecule has 0 saturated heterocycles. The molecule has 0 aliphatic heterocycles. The molecule has 0 unspecified atom stereocenters. The standard InChI is InChI=1S/C72H69N7O2/c1-69(2,3)52-36-50(37-53(42-52)70(4,5)6)65-76-66(51-38-54(71(7,8)9)43-55(39-51)72(10,11)12)78-67(77-65)58-40-48(64-74-62(46-26-18-14-19-27-46)73-63(75-64)47-28-20-15-21-29-47)32-34-61(58)79-59-31-23-22-30-56(59)57-41-49(33-35-60(57)79)68(80)81-44-45-24-16-13-17-25-45/h13-43H,44H2,1-12H3. The van der Waals surface area contributed by atoms with E-state index in [1.807, 2.05) is 121 Å². The van der Waals surface area contributed by atoms with E-state index in [9.17, 15) is 4.79 Å². The Morgan fingerprint density at radius 3 is 1.26 bits per heavy atom. The molecule has 404 valence electrons. The second-order valence-electron chi connectivity index (χ2n) is 25.3. The van der Waals surface area contributed by atoms with Crippen LogP contribution < -0.4 is 0 Å². The fraction of sp³-hybridized carbons (Fsp3) is 0.236. The van der Waals surface area contributed by atoms with Gasteiger partial charge in [-0.3, -0.25) is 0 Å². The molecule has 11 aromatic rings. The van der Waals surface area contributed by atoms with Crippen molar-refractivity contribution in [3.8, 4) is 74.0 Å². The number of hydrogen-bond acceptors (Lipinski definition) is 8. The zero-order valence-corrected chi connectivity index (χ0v) is 48.6. The van der Waals surface area contributed by atoms with E-state index in [2.05, 4.69) is 154 Å². The maximum absolute atomic E-state index is 13.8. The number of fused-ring (bicyclic) bond motifs is 3. The highest BCUT2D eigenvalue weighted by atomic mass is 16.5. The van der Waals surface area contributed by atoms with E-state index >= 15 is 0 Å². The number of nitrogens with zero attached hydrogens (tertiary/aromatic N) is 7. The van der Waals surface area contributed by atoms with Crippen molar-refractivity contribution in [1.82, 2.24) is 34.5 Å². The van der Waals surface area contributed by atoms with Crippen molar-refractivity contribution < 1.29 is 9.53 Å². The van der Waals surface area contributed by atoms with Gasteiger partial charge in [0, 0.05) is 44.2 Å². The molecule has 3 heterocycles. The predicted octanol–water partition coefficient (Wildman–Crippen LogP) is 17.7. The van der Waals surface area contributed by atoms with E-state index in [0.29, 0.717) is 40.5 Å². The Balaban J connectivity index is 1.21.